The van der Waals surface area contributed by atoms with Crippen LogP contribution in [-0.2, 0) is 4.79 Å². The van der Waals surface area contributed by atoms with Gasteiger partial charge in [-0.1, -0.05) is 17.7 Å². The summed E-state index contributed by atoms with van der Waals surface area (Å²) in [6, 6.07) is 9.35. The van der Waals surface area contributed by atoms with Crippen LogP contribution in [0.25, 0.3) is 0 Å². The van der Waals surface area contributed by atoms with Gasteiger partial charge in [-0.15, -0.1) is 0 Å². The maximum atomic E-state index is 11.9. The van der Waals surface area contributed by atoms with E-state index in [-0.39, 0.29) is 23.0 Å². The van der Waals surface area contributed by atoms with Crippen molar-refractivity contribution in [2.45, 2.75) is 13.8 Å². The van der Waals surface area contributed by atoms with E-state index in [2.05, 4.69) is 5.32 Å². The quantitative estimate of drug-likeness (QED) is 0.664. The van der Waals surface area contributed by atoms with Crippen molar-refractivity contribution in [1.29, 1.82) is 0 Å². The standard InChI is InChI=1S/C16H15ClN2O4/c1-10-3-5-13(7-11(10)2)23-9-16(20)18-15-8-12(19(21)22)4-6-14(15)17/h3-8H,9H2,1-2H3,(H,18,20). The second-order valence-corrected chi connectivity index (χ2v) is 5.41. The minimum absolute atomic E-state index is 0.153. The van der Waals surface area contributed by atoms with Crippen LogP contribution in [0.5, 0.6) is 5.75 Å². The zero-order valence-corrected chi connectivity index (χ0v) is 13.4. The lowest BCUT2D eigenvalue weighted by Crippen LogP contribution is -2.20. The van der Waals surface area contributed by atoms with Crippen LogP contribution in [0.1, 0.15) is 11.1 Å². The second-order valence-electron chi connectivity index (χ2n) is 5.00. The summed E-state index contributed by atoms with van der Waals surface area (Å²) in [5, 5.41) is 13.5. The minimum Gasteiger partial charge on any atom is -0.484 e. The topological polar surface area (TPSA) is 81.5 Å². The first kappa shape index (κ1) is 16.8. The number of carbonyl (C=O) groups excluding carboxylic acids is 1. The Hall–Kier alpha value is -2.60. The molecule has 0 spiro atoms. The van der Waals surface area contributed by atoms with Crippen molar-refractivity contribution in [3.63, 3.8) is 0 Å². The van der Waals surface area contributed by atoms with E-state index in [9.17, 15) is 14.9 Å². The van der Waals surface area contributed by atoms with Gasteiger partial charge in [0, 0.05) is 12.1 Å². The summed E-state index contributed by atoms with van der Waals surface area (Å²) in [4.78, 5) is 22.1. The van der Waals surface area contributed by atoms with Gasteiger partial charge >= 0.3 is 0 Å². The number of benzene rings is 2. The first-order valence-corrected chi connectivity index (χ1v) is 7.18. The molecule has 0 bridgehead atoms. The molecule has 0 atom stereocenters. The van der Waals surface area contributed by atoms with Crippen molar-refractivity contribution in [3.05, 3.63) is 62.7 Å². The van der Waals surface area contributed by atoms with Crippen molar-refractivity contribution in [2.75, 3.05) is 11.9 Å². The zero-order chi connectivity index (χ0) is 17.0. The van der Waals surface area contributed by atoms with Gasteiger partial charge in [0.1, 0.15) is 5.75 Å². The highest BCUT2D eigenvalue weighted by Crippen LogP contribution is 2.26. The van der Waals surface area contributed by atoms with Gasteiger partial charge in [0.2, 0.25) is 0 Å². The number of aryl methyl sites for hydroxylation is 2. The molecule has 1 N–H and O–H groups in total. The van der Waals surface area contributed by atoms with Crippen LogP contribution < -0.4 is 10.1 Å². The Morgan fingerprint density at radius 1 is 1.22 bits per heavy atom. The van der Waals surface area contributed by atoms with Gasteiger partial charge in [0.05, 0.1) is 15.6 Å². The van der Waals surface area contributed by atoms with Crippen LogP contribution in [0.3, 0.4) is 0 Å². The third kappa shape index (κ3) is 4.43. The van der Waals surface area contributed by atoms with Gasteiger partial charge in [0.15, 0.2) is 6.61 Å². The summed E-state index contributed by atoms with van der Waals surface area (Å²) in [7, 11) is 0. The van der Waals surface area contributed by atoms with Gasteiger partial charge in [-0.25, -0.2) is 0 Å². The highest BCUT2D eigenvalue weighted by molar-refractivity contribution is 6.33. The number of nitro benzene ring substituents is 1. The van der Waals surface area contributed by atoms with Crippen LogP contribution in [0.4, 0.5) is 11.4 Å². The molecule has 120 valence electrons. The fourth-order valence-corrected chi connectivity index (χ4v) is 2.03. The number of anilines is 1. The molecule has 0 aliphatic heterocycles. The predicted molar refractivity (Wildman–Crippen MR) is 88.1 cm³/mol. The summed E-state index contributed by atoms with van der Waals surface area (Å²) < 4.78 is 5.40. The molecule has 7 heteroatoms. The van der Waals surface area contributed by atoms with E-state index in [1.54, 1.807) is 6.07 Å². The first-order chi connectivity index (χ1) is 10.9. The van der Waals surface area contributed by atoms with Crippen LogP contribution in [-0.4, -0.2) is 17.4 Å². The molecule has 0 aromatic heterocycles. The van der Waals surface area contributed by atoms with Crippen molar-refractivity contribution in [2.24, 2.45) is 0 Å². The number of non-ortho nitro benzene ring substituents is 1. The molecule has 0 saturated heterocycles. The number of nitrogens with one attached hydrogen (secondary N) is 1. The van der Waals surface area contributed by atoms with Gasteiger partial charge in [-0.3, -0.25) is 14.9 Å². The molecule has 0 aliphatic carbocycles. The molecule has 0 heterocycles. The monoisotopic (exact) mass is 334 g/mol. The maximum absolute atomic E-state index is 11.9. The second kappa shape index (κ2) is 7.11. The molecule has 2 aromatic carbocycles. The van der Waals surface area contributed by atoms with Crippen LogP contribution in [0.2, 0.25) is 5.02 Å². The van der Waals surface area contributed by atoms with Crippen molar-refractivity contribution >= 4 is 28.9 Å². The Labute approximate surface area is 138 Å². The van der Waals surface area contributed by atoms with Crippen molar-refractivity contribution in [3.8, 4) is 5.75 Å². The Bertz CT molecular complexity index is 762. The molecule has 0 aliphatic rings. The summed E-state index contributed by atoms with van der Waals surface area (Å²) in [5.74, 6) is 0.124. The van der Waals surface area contributed by atoms with Crippen LogP contribution in [0.15, 0.2) is 36.4 Å². The van der Waals surface area contributed by atoms with E-state index in [0.717, 1.165) is 11.1 Å². The fourth-order valence-electron chi connectivity index (χ4n) is 1.86. The Morgan fingerprint density at radius 3 is 2.61 bits per heavy atom. The number of hydrogen-bond acceptors (Lipinski definition) is 4. The number of nitro groups is 1. The minimum atomic E-state index is -0.558. The number of amides is 1. The fraction of sp³-hybridized carbons (Fsp3) is 0.188. The Balaban J connectivity index is 2.00. The van der Waals surface area contributed by atoms with Crippen molar-refractivity contribution < 1.29 is 14.5 Å². The number of rotatable bonds is 5. The molecule has 6 nitrogen and oxygen atoms in total. The average Bonchev–Trinajstić information content (AvgIpc) is 2.50. The van der Waals surface area contributed by atoms with Crippen molar-refractivity contribution in [1.82, 2.24) is 0 Å². The average molecular weight is 335 g/mol. The largest absolute Gasteiger partial charge is 0.484 e. The van der Waals surface area contributed by atoms with E-state index >= 15 is 0 Å². The molecule has 0 saturated carbocycles. The van der Waals surface area contributed by atoms with E-state index < -0.39 is 10.8 Å². The summed E-state index contributed by atoms with van der Waals surface area (Å²) in [6.45, 7) is 3.71. The Morgan fingerprint density at radius 2 is 1.96 bits per heavy atom. The SMILES string of the molecule is Cc1ccc(OCC(=O)Nc2cc([N+](=O)[O-])ccc2Cl)cc1C. The number of ether oxygens (including phenoxy) is 1. The van der Waals surface area contributed by atoms with Gasteiger partial charge in [-0.05, 0) is 43.2 Å². The molecule has 1 amide bonds. The van der Waals surface area contributed by atoms with E-state index in [1.807, 2.05) is 26.0 Å². The maximum Gasteiger partial charge on any atom is 0.271 e. The molecular weight excluding hydrogens is 320 g/mol. The predicted octanol–water partition coefficient (Wildman–Crippen LogP) is 3.88. The third-order valence-electron chi connectivity index (χ3n) is 3.28. The smallest absolute Gasteiger partial charge is 0.271 e. The molecular formula is C16H15ClN2O4. The highest BCUT2D eigenvalue weighted by atomic mass is 35.5. The van der Waals surface area contributed by atoms with E-state index in [4.69, 9.17) is 16.3 Å². The lowest BCUT2D eigenvalue weighted by Gasteiger charge is -2.10. The van der Waals surface area contributed by atoms with E-state index in [0.29, 0.717) is 5.75 Å². The molecule has 2 rings (SSSR count). The molecule has 0 unspecified atom stereocenters. The van der Waals surface area contributed by atoms with Crippen LogP contribution in [0, 0.1) is 24.0 Å². The van der Waals surface area contributed by atoms with Gasteiger partial charge in [-0.2, -0.15) is 0 Å². The van der Waals surface area contributed by atoms with Crippen LogP contribution >= 0.6 is 11.6 Å². The number of hydrogen-bond donors (Lipinski definition) is 1. The molecule has 2 aromatic rings. The molecule has 0 radical (unpaired) electrons. The van der Waals surface area contributed by atoms with E-state index in [1.165, 1.54) is 18.2 Å². The summed E-state index contributed by atoms with van der Waals surface area (Å²) in [5.41, 5.74) is 2.21. The number of nitrogens with zero attached hydrogens (tertiary/aromatic N) is 1. The molecule has 0 fully saturated rings. The highest BCUT2D eigenvalue weighted by Gasteiger charge is 2.12. The van der Waals surface area contributed by atoms with Gasteiger partial charge in [0.25, 0.3) is 11.6 Å². The summed E-state index contributed by atoms with van der Waals surface area (Å²) >= 11 is 5.92. The lowest BCUT2D eigenvalue weighted by atomic mass is 10.1. The Kier molecular flexibility index (Phi) is 5.18. The van der Waals surface area contributed by atoms with Gasteiger partial charge < -0.3 is 10.1 Å². The number of carbonyl (C=O) groups is 1. The number of halogens is 1. The lowest BCUT2D eigenvalue weighted by molar-refractivity contribution is -0.384. The summed E-state index contributed by atoms with van der Waals surface area (Å²) in [6.07, 6.45) is 0. The zero-order valence-electron chi connectivity index (χ0n) is 12.6. The first-order valence-electron chi connectivity index (χ1n) is 6.80. The third-order valence-corrected chi connectivity index (χ3v) is 3.61. The molecule has 23 heavy (non-hydrogen) atoms. The normalized spacial score (nSPS) is 10.2.